The molecular formula is C14H20N2O3. The predicted molar refractivity (Wildman–Crippen MR) is 72.5 cm³/mol. The molecule has 104 valence electrons. The molecule has 2 heterocycles. The summed E-state index contributed by atoms with van der Waals surface area (Å²) >= 11 is 0. The number of furan rings is 1. The number of carbonyl (C=O) groups excluding carboxylic acids is 1. The van der Waals surface area contributed by atoms with Gasteiger partial charge in [0, 0.05) is 17.8 Å². The van der Waals surface area contributed by atoms with Crippen molar-refractivity contribution in [2.24, 2.45) is 11.7 Å². The van der Waals surface area contributed by atoms with E-state index in [-0.39, 0.29) is 18.6 Å². The Hall–Kier alpha value is -1.75. The first-order chi connectivity index (χ1) is 9.04. The first-order valence-electron chi connectivity index (χ1n) is 6.52. The molecule has 0 aliphatic rings. The van der Waals surface area contributed by atoms with Gasteiger partial charge in [0.25, 0.3) is 0 Å². The zero-order valence-corrected chi connectivity index (χ0v) is 11.6. The number of nitrogens with two attached hydrogens (primary N) is 1. The Morgan fingerprint density at radius 3 is 2.89 bits per heavy atom. The van der Waals surface area contributed by atoms with Crippen LogP contribution < -0.4 is 5.73 Å². The van der Waals surface area contributed by atoms with E-state index in [1.165, 1.54) is 0 Å². The van der Waals surface area contributed by atoms with E-state index in [0.717, 1.165) is 23.2 Å². The van der Waals surface area contributed by atoms with Gasteiger partial charge in [-0.1, -0.05) is 20.8 Å². The molecule has 0 aliphatic heterocycles. The third-order valence-electron chi connectivity index (χ3n) is 3.30. The maximum absolute atomic E-state index is 11.8. The molecule has 0 aliphatic carbocycles. The van der Waals surface area contributed by atoms with E-state index in [1.807, 2.05) is 37.5 Å². The highest BCUT2D eigenvalue weighted by Gasteiger charge is 2.19. The summed E-state index contributed by atoms with van der Waals surface area (Å²) in [6, 6.07) is 3.25. The molecule has 0 amide bonds. The normalized spacial score (nSPS) is 13.1. The Balaban J connectivity index is 2.12. The summed E-state index contributed by atoms with van der Waals surface area (Å²) in [5.41, 5.74) is 8.57. The molecule has 5 heteroatoms. The lowest BCUT2D eigenvalue weighted by atomic mass is 10.1. The van der Waals surface area contributed by atoms with Gasteiger partial charge in [-0.15, -0.1) is 0 Å². The van der Waals surface area contributed by atoms with Crippen LogP contribution in [0.3, 0.4) is 0 Å². The van der Waals surface area contributed by atoms with E-state index in [1.54, 1.807) is 6.26 Å². The smallest absolute Gasteiger partial charge is 0.324 e. The van der Waals surface area contributed by atoms with Crippen LogP contribution in [0.4, 0.5) is 0 Å². The Bertz CT molecular complexity index is 568. The van der Waals surface area contributed by atoms with Crippen molar-refractivity contribution in [3.05, 3.63) is 24.1 Å². The van der Waals surface area contributed by atoms with Gasteiger partial charge in [0.05, 0.1) is 11.8 Å². The van der Waals surface area contributed by atoms with E-state index >= 15 is 0 Å². The summed E-state index contributed by atoms with van der Waals surface area (Å²) < 4.78 is 12.6. The number of fused-ring (bicyclic) bond motifs is 1. The first-order valence-corrected chi connectivity index (χ1v) is 6.52. The highest BCUT2D eigenvalue weighted by atomic mass is 16.5. The molecule has 0 unspecified atom stereocenters. The highest BCUT2D eigenvalue weighted by Crippen LogP contribution is 2.21. The minimum atomic E-state index is -0.583. The molecule has 0 spiro atoms. The number of aromatic nitrogens is 1. The molecule has 0 saturated carbocycles. The highest BCUT2D eigenvalue weighted by molar-refractivity contribution is 5.77. The number of carbonyl (C=O) groups is 1. The number of ether oxygens (including phenoxy) is 1. The van der Waals surface area contributed by atoms with Crippen molar-refractivity contribution in [2.45, 2.75) is 40.0 Å². The lowest BCUT2D eigenvalue weighted by molar-refractivity contribution is -0.150. The average molecular weight is 264 g/mol. The van der Waals surface area contributed by atoms with Gasteiger partial charge in [0.1, 0.15) is 6.04 Å². The fourth-order valence-electron chi connectivity index (χ4n) is 1.97. The summed E-state index contributed by atoms with van der Waals surface area (Å²) in [6.07, 6.45) is 2.47. The van der Waals surface area contributed by atoms with Crippen molar-refractivity contribution < 1.29 is 13.9 Å². The van der Waals surface area contributed by atoms with Gasteiger partial charge in [-0.05, 0) is 12.3 Å². The molecule has 19 heavy (non-hydrogen) atoms. The minimum Gasteiger partial charge on any atom is -0.463 e. The molecule has 0 saturated heterocycles. The summed E-state index contributed by atoms with van der Waals surface area (Å²) in [5, 5.41) is 0. The Morgan fingerprint density at radius 2 is 2.26 bits per heavy atom. The average Bonchev–Trinajstić information content (AvgIpc) is 2.95. The van der Waals surface area contributed by atoms with Gasteiger partial charge in [0.2, 0.25) is 0 Å². The summed E-state index contributed by atoms with van der Waals surface area (Å²) in [5.74, 6) is -0.306. The largest absolute Gasteiger partial charge is 0.463 e. The molecule has 5 nitrogen and oxygen atoms in total. The second kappa shape index (κ2) is 5.48. The fraction of sp³-hybridized carbons (Fsp3) is 0.500. The molecule has 2 rings (SSSR count). The van der Waals surface area contributed by atoms with Gasteiger partial charge in [-0.3, -0.25) is 4.79 Å². The maximum atomic E-state index is 11.8. The van der Waals surface area contributed by atoms with Crippen LogP contribution in [0.2, 0.25) is 0 Å². The molecule has 1 atom stereocenters. The van der Waals surface area contributed by atoms with E-state index in [9.17, 15) is 4.79 Å². The maximum Gasteiger partial charge on any atom is 0.324 e. The zero-order valence-electron chi connectivity index (χ0n) is 11.6. The van der Waals surface area contributed by atoms with Gasteiger partial charge in [-0.2, -0.15) is 0 Å². The minimum absolute atomic E-state index is 0.0664. The van der Waals surface area contributed by atoms with Crippen molar-refractivity contribution >= 4 is 17.1 Å². The fourth-order valence-corrected chi connectivity index (χ4v) is 1.97. The second-order valence-electron chi connectivity index (χ2n) is 4.95. The molecule has 0 fully saturated rings. The molecule has 2 aromatic heterocycles. The van der Waals surface area contributed by atoms with Crippen LogP contribution in [0.5, 0.6) is 0 Å². The summed E-state index contributed by atoms with van der Waals surface area (Å²) in [6.45, 7) is 6.01. The predicted octanol–water partition coefficient (Wildman–Crippen LogP) is 2.28. The van der Waals surface area contributed by atoms with E-state index in [0.29, 0.717) is 0 Å². The Kier molecular flexibility index (Phi) is 3.95. The van der Waals surface area contributed by atoms with Crippen molar-refractivity contribution in [1.82, 2.24) is 4.57 Å². The zero-order chi connectivity index (χ0) is 14.0. The number of aryl methyl sites for hydroxylation is 1. The standard InChI is InChI=1S/C14H20N2O3/c1-4-10-7-12-11(5-6-18-12)16(10)8-19-14(17)13(15)9(2)3/h5-7,9,13H,4,8,15H2,1-3H3/t13-/m0/s1. The molecule has 0 bridgehead atoms. The van der Waals surface area contributed by atoms with Gasteiger partial charge in [0.15, 0.2) is 12.3 Å². The van der Waals surface area contributed by atoms with Crippen LogP contribution in [0.15, 0.2) is 22.8 Å². The van der Waals surface area contributed by atoms with E-state index < -0.39 is 6.04 Å². The van der Waals surface area contributed by atoms with E-state index in [4.69, 9.17) is 14.9 Å². The van der Waals surface area contributed by atoms with Gasteiger partial charge < -0.3 is 19.5 Å². The summed E-state index contributed by atoms with van der Waals surface area (Å²) in [7, 11) is 0. The third-order valence-corrected chi connectivity index (χ3v) is 3.30. The molecule has 0 aromatic carbocycles. The third kappa shape index (κ3) is 2.66. The number of nitrogens with zero attached hydrogens (tertiary/aromatic N) is 1. The van der Waals surface area contributed by atoms with Crippen molar-refractivity contribution in [3.63, 3.8) is 0 Å². The van der Waals surface area contributed by atoms with Gasteiger partial charge >= 0.3 is 5.97 Å². The monoisotopic (exact) mass is 264 g/mol. The molecule has 0 radical (unpaired) electrons. The Morgan fingerprint density at radius 1 is 1.53 bits per heavy atom. The molecule has 2 N–H and O–H groups in total. The van der Waals surface area contributed by atoms with Crippen molar-refractivity contribution in [2.75, 3.05) is 0 Å². The lowest BCUT2D eigenvalue weighted by Crippen LogP contribution is -2.37. The number of rotatable bonds is 5. The second-order valence-corrected chi connectivity index (χ2v) is 4.95. The summed E-state index contributed by atoms with van der Waals surface area (Å²) in [4.78, 5) is 11.8. The SMILES string of the molecule is CCc1cc2occc2n1COC(=O)[C@@H](N)C(C)C. The van der Waals surface area contributed by atoms with Crippen LogP contribution in [-0.4, -0.2) is 16.6 Å². The number of esters is 1. The van der Waals surface area contributed by atoms with Crippen LogP contribution in [0.25, 0.3) is 11.1 Å². The number of hydrogen-bond acceptors (Lipinski definition) is 4. The quantitative estimate of drug-likeness (QED) is 0.841. The molecular weight excluding hydrogens is 244 g/mol. The number of hydrogen-bond donors (Lipinski definition) is 1. The topological polar surface area (TPSA) is 70.4 Å². The molecule has 2 aromatic rings. The van der Waals surface area contributed by atoms with Gasteiger partial charge in [-0.25, -0.2) is 0 Å². The first kappa shape index (κ1) is 13.7. The van der Waals surface area contributed by atoms with Crippen LogP contribution in [-0.2, 0) is 22.7 Å². The van der Waals surface area contributed by atoms with Crippen LogP contribution >= 0.6 is 0 Å². The van der Waals surface area contributed by atoms with Crippen LogP contribution in [0.1, 0.15) is 26.5 Å². The van der Waals surface area contributed by atoms with E-state index in [2.05, 4.69) is 0 Å². The van der Waals surface area contributed by atoms with Crippen molar-refractivity contribution in [1.29, 1.82) is 0 Å². The Labute approximate surface area is 112 Å². The van der Waals surface area contributed by atoms with Crippen LogP contribution in [0, 0.1) is 5.92 Å². The lowest BCUT2D eigenvalue weighted by Gasteiger charge is -2.16. The van der Waals surface area contributed by atoms with Crippen molar-refractivity contribution in [3.8, 4) is 0 Å².